The molecular weight excluding hydrogens is 477 g/mol. The van der Waals surface area contributed by atoms with Crippen LogP contribution in [0.15, 0.2) is 78.9 Å². The first-order valence-electron chi connectivity index (χ1n) is 9.82. The van der Waals surface area contributed by atoms with E-state index >= 15 is 0 Å². The lowest BCUT2D eigenvalue weighted by molar-refractivity contribution is -0.0429. The van der Waals surface area contributed by atoms with Crippen molar-refractivity contribution >= 4 is 26.5 Å². The normalized spacial score (nSPS) is 12.0. The number of alkyl halides is 3. The van der Waals surface area contributed by atoms with Gasteiger partial charge < -0.3 is 4.74 Å². The third kappa shape index (κ3) is 4.96. The van der Waals surface area contributed by atoms with E-state index in [1.54, 1.807) is 42.5 Å². The molecule has 0 saturated carbocycles. The summed E-state index contributed by atoms with van der Waals surface area (Å²) < 4.78 is 95.5. The van der Waals surface area contributed by atoms with Crippen LogP contribution in [0.25, 0.3) is 21.9 Å². The van der Waals surface area contributed by atoms with Gasteiger partial charge in [0.1, 0.15) is 24.0 Å². The van der Waals surface area contributed by atoms with E-state index in [2.05, 4.69) is 0 Å². The largest absolute Gasteiger partial charge is 0.516 e. The summed E-state index contributed by atoms with van der Waals surface area (Å²) in [5, 5.41) is 0.924. The lowest BCUT2D eigenvalue weighted by Gasteiger charge is -2.13. The van der Waals surface area contributed by atoms with Gasteiger partial charge in [0.25, 0.3) is 0 Å². The van der Waals surface area contributed by atoms with E-state index in [4.69, 9.17) is 4.74 Å². The van der Waals surface area contributed by atoms with Crippen molar-refractivity contribution in [1.29, 1.82) is 0 Å². The molecule has 4 rings (SSSR count). The zero-order valence-electron chi connectivity index (χ0n) is 17.2. The quantitative estimate of drug-likeness (QED) is 0.307. The Balaban J connectivity index is 1.53. The summed E-state index contributed by atoms with van der Waals surface area (Å²) in [6.45, 7) is -0.128. The first kappa shape index (κ1) is 23.5. The molecule has 0 aliphatic heterocycles. The first-order chi connectivity index (χ1) is 16.0. The number of nitrogens with one attached hydrogen (secondary N) is 1. The van der Waals surface area contributed by atoms with Gasteiger partial charge in [0.05, 0.1) is 0 Å². The molecule has 0 atom stereocenters. The molecule has 34 heavy (non-hydrogen) atoms. The molecule has 0 spiro atoms. The molecule has 0 aliphatic rings. The van der Waals surface area contributed by atoms with Crippen LogP contribution >= 0.6 is 0 Å². The Kier molecular flexibility index (Phi) is 6.18. The van der Waals surface area contributed by atoms with Gasteiger partial charge in [0, 0.05) is 16.6 Å². The molecule has 0 unspecified atom stereocenters. The Labute approximate surface area is 191 Å². The van der Waals surface area contributed by atoms with Crippen molar-refractivity contribution in [2.75, 3.05) is 4.72 Å². The topological polar surface area (TPSA) is 55.4 Å². The molecule has 0 aromatic heterocycles. The van der Waals surface area contributed by atoms with Gasteiger partial charge >= 0.3 is 15.5 Å². The minimum absolute atomic E-state index is 0.128. The molecule has 0 fully saturated rings. The Hall–Kier alpha value is -3.66. The average molecular weight is 493 g/mol. The molecule has 0 amide bonds. The smallest absolute Gasteiger partial charge is 0.488 e. The monoisotopic (exact) mass is 493 g/mol. The highest BCUT2D eigenvalue weighted by molar-refractivity contribution is 7.93. The van der Waals surface area contributed by atoms with Gasteiger partial charge in [0.15, 0.2) is 0 Å². The molecule has 4 aromatic carbocycles. The van der Waals surface area contributed by atoms with E-state index in [9.17, 15) is 30.4 Å². The fraction of sp³-hybridized carbons (Fsp3) is 0.0833. The van der Waals surface area contributed by atoms with Crippen LogP contribution in [0.2, 0.25) is 0 Å². The van der Waals surface area contributed by atoms with Crippen LogP contribution < -0.4 is 9.46 Å². The summed E-state index contributed by atoms with van der Waals surface area (Å²) in [6.07, 6.45) is 0. The molecule has 0 saturated heterocycles. The van der Waals surface area contributed by atoms with Gasteiger partial charge in [-0.05, 0) is 59.0 Å². The molecule has 0 aliphatic carbocycles. The number of sulfonamides is 1. The summed E-state index contributed by atoms with van der Waals surface area (Å²) in [5.74, 6) is -0.579. The number of halogens is 5. The van der Waals surface area contributed by atoms with E-state index in [0.717, 1.165) is 0 Å². The van der Waals surface area contributed by atoms with Crippen LogP contribution in [-0.2, 0) is 16.6 Å². The predicted octanol–water partition coefficient (Wildman–Crippen LogP) is 6.63. The average Bonchev–Trinajstić information content (AvgIpc) is 2.77. The summed E-state index contributed by atoms with van der Waals surface area (Å²) in [5.41, 5.74) is -4.22. The minimum atomic E-state index is -5.55. The molecule has 0 radical (unpaired) electrons. The Bertz CT molecular complexity index is 1450. The van der Waals surface area contributed by atoms with Gasteiger partial charge in [-0.15, -0.1) is 0 Å². The van der Waals surface area contributed by atoms with Gasteiger partial charge in [-0.3, -0.25) is 4.72 Å². The second-order valence-corrected chi connectivity index (χ2v) is 9.02. The number of ether oxygens (including phenoxy) is 1. The fourth-order valence-electron chi connectivity index (χ4n) is 3.30. The van der Waals surface area contributed by atoms with Crippen molar-refractivity contribution in [2.24, 2.45) is 0 Å². The van der Waals surface area contributed by atoms with E-state index < -0.39 is 27.2 Å². The number of fused-ring (bicyclic) bond motifs is 1. The van der Waals surface area contributed by atoms with Crippen molar-refractivity contribution in [3.8, 4) is 16.9 Å². The van der Waals surface area contributed by atoms with Crippen molar-refractivity contribution in [1.82, 2.24) is 0 Å². The van der Waals surface area contributed by atoms with Crippen LogP contribution in [0.5, 0.6) is 5.75 Å². The second-order valence-electron chi connectivity index (χ2n) is 7.35. The number of hydrogen-bond donors (Lipinski definition) is 1. The van der Waals surface area contributed by atoms with Crippen LogP contribution in [0, 0.1) is 11.6 Å². The molecule has 0 bridgehead atoms. The molecule has 0 heterocycles. The third-order valence-electron chi connectivity index (χ3n) is 5.01. The second kappa shape index (κ2) is 8.94. The molecule has 176 valence electrons. The first-order valence-corrected chi connectivity index (χ1v) is 11.3. The Morgan fingerprint density at radius 3 is 2.21 bits per heavy atom. The lowest BCUT2D eigenvalue weighted by atomic mass is 10.0. The van der Waals surface area contributed by atoms with E-state index in [-0.39, 0.29) is 17.9 Å². The zero-order valence-corrected chi connectivity index (χ0v) is 18.1. The highest BCUT2D eigenvalue weighted by Crippen LogP contribution is 2.31. The highest BCUT2D eigenvalue weighted by atomic mass is 32.2. The summed E-state index contributed by atoms with van der Waals surface area (Å²) in [7, 11) is -5.55. The van der Waals surface area contributed by atoms with Crippen molar-refractivity contribution in [3.05, 3.63) is 96.1 Å². The molecule has 1 N–H and O–H groups in total. The van der Waals surface area contributed by atoms with Gasteiger partial charge in [0.2, 0.25) is 0 Å². The maximum atomic E-state index is 14.6. The van der Waals surface area contributed by atoms with Crippen LogP contribution in [0.3, 0.4) is 0 Å². The van der Waals surface area contributed by atoms with Gasteiger partial charge in [-0.25, -0.2) is 8.78 Å². The van der Waals surface area contributed by atoms with Crippen molar-refractivity contribution in [3.63, 3.8) is 0 Å². The zero-order chi connectivity index (χ0) is 24.5. The maximum Gasteiger partial charge on any atom is 0.516 e. The van der Waals surface area contributed by atoms with Crippen LogP contribution in [-0.4, -0.2) is 13.9 Å². The van der Waals surface area contributed by atoms with Gasteiger partial charge in [-0.2, -0.15) is 21.6 Å². The van der Waals surface area contributed by atoms with Crippen LogP contribution in [0.4, 0.5) is 27.6 Å². The summed E-state index contributed by atoms with van der Waals surface area (Å²) >= 11 is 0. The third-order valence-corrected chi connectivity index (χ3v) is 6.12. The van der Waals surface area contributed by atoms with E-state index in [0.29, 0.717) is 27.6 Å². The van der Waals surface area contributed by atoms with Gasteiger partial charge in [-0.1, -0.05) is 36.4 Å². The van der Waals surface area contributed by atoms with Crippen molar-refractivity contribution < 1.29 is 35.1 Å². The lowest BCUT2D eigenvalue weighted by Crippen LogP contribution is -2.29. The fourth-order valence-corrected chi connectivity index (χ4v) is 3.85. The maximum absolute atomic E-state index is 14.6. The number of benzene rings is 4. The molecule has 10 heteroatoms. The molecular formula is C24H16F5NO3S. The van der Waals surface area contributed by atoms with Crippen molar-refractivity contribution in [2.45, 2.75) is 12.1 Å². The Morgan fingerprint density at radius 1 is 0.824 bits per heavy atom. The molecule has 4 nitrogen and oxygen atoms in total. The summed E-state index contributed by atoms with van der Waals surface area (Å²) in [4.78, 5) is 0. The highest BCUT2D eigenvalue weighted by Gasteiger charge is 2.46. The Morgan fingerprint density at radius 2 is 1.53 bits per heavy atom. The van der Waals surface area contributed by atoms with E-state index in [1.807, 2.05) is 0 Å². The minimum Gasteiger partial charge on any atom is -0.488 e. The predicted molar refractivity (Wildman–Crippen MR) is 119 cm³/mol. The van der Waals surface area contributed by atoms with Crippen LogP contribution in [0.1, 0.15) is 5.56 Å². The number of hydrogen-bond acceptors (Lipinski definition) is 3. The molecule has 4 aromatic rings. The summed E-state index contributed by atoms with van der Waals surface area (Å²) in [6, 6.07) is 18.8. The number of rotatable bonds is 6. The van der Waals surface area contributed by atoms with E-state index in [1.165, 1.54) is 41.1 Å². The standard InChI is InChI=1S/C24H16F5NO3S/c25-19-8-6-15(7-9-19)16-4-5-18(22(26)13-16)14-33-23-3-1-2-17-12-20(10-11-21(17)23)30-34(31,32)24(27,28)29/h1-13,30H,14H2. The SMILES string of the molecule is O=S(=O)(Nc1ccc2c(OCc3ccc(-c4ccc(F)cc4)cc3F)cccc2c1)C(F)(F)F. The number of anilines is 1.